The Morgan fingerprint density at radius 1 is 1.25 bits per heavy atom. The van der Waals surface area contributed by atoms with Gasteiger partial charge in [-0.05, 0) is 29.2 Å². The average molecular weight is 462 g/mol. The number of benzene rings is 2. The Bertz CT molecular complexity index is 1010. The molecule has 1 saturated heterocycles. The molecule has 32 heavy (non-hydrogen) atoms. The summed E-state index contributed by atoms with van der Waals surface area (Å²) < 4.78 is 19.4. The van der Waals surface area contributed by atoms with Crippen LogP contribution in [0.25, 0.3) is 0 Å². The molecule has 6 nitrogen and oxygen atoms in total. The Balaban J connectivity index is 2.01. The summed E-state index contributed by atoms with van der Waals surface area (Å²) >= 11 is 5.88. The highest BCUT2D eigenvalue weighted by molar-refractivity contribution is 6.31. The second kappa shape index (κ2) is 9.98. The second-order valence-corrected chi connectivity index (χ2v) is 8.78. The van der Waals surface area contributed by atoms with E-state index >= 15 is 0 Å². The van der Waals surface area contributed by atoms with Gasteiger partial charge in [0.2, 0.25) is 5.91 Å². The van der Waals surface area contributed by atoms with Crippen molar-refractivity contribution >= 4 is 29.1 Å². The summed E-state index contributed by atoms with van der Waals surface area (Å²) in [6.45, 7) is 6.43. The number of nitrogens with one attached hydrogen (secondary N) is 2. The lowest BCUT2D eigenvalue weighted by Crippen LogP contribution is -2.65. The quantitative estimate of drug-likeness (QED) is 0.627. The lowest BCUT2D eigenvalue weighted by Gasteiger charge is -2.50. The summed E-state index contributed by atoms with van der Waals surface area (Å²) in [5.74, 6) is -1.24. The van der Waals surface area contributed by atoms with E-state index in [2.05, 4.69) is 29.4 Å². The van der Waals surface area contributed by atoms with Crippen molar-refractivity contribution in [2.45, 2.75) is 25.2 Å². The van der Waals surface area contributed by atoms with Gasteiger partial charge in [-0.25, -0.2) is 4.39 Å². The second-order valence-electron chi connectivity index (χ2n) is 8.37. The fraction of sp³-hybridized carbons (Fsp3) is 0.417. The van der Waals surface area contributed by atoms with E-state index < -0.39 is 17.1 Å². The zero-order valence-corrected chi connectivity index (χ0v) is 19.6. The minimum atomic E-state index is -0.829. The molecule has 3 rings (SSSR count). The molecule has 0 unspecified atom stereocenters. The van der Waals surface area contributed by atoms with E-state index in [4.69, 9.17) is 16.3 Å². The minimum absolute atomic E-state index is 0.0907. The molecule has 1 heterocycles. The maximum Gasteiger partial charge on any atom is 0.253 e. The van der Waals surface area contributed by atoms with Gasteiger partial charge < -0.3 is 15.4 Å². The van der Waals surface area contributed by atoms with Crippen LogP contribution >= 0.6 is 11.6 Å². The third-order valence-corrected chi connectivity index (χ3v) is 6.20. The zero-order valence-electron chi connectivity index (χ0n) is 18.8. The van der Waals surface area contributed by atoms with Gasteiger partial charge in [0.05, 0.1) is 28.3 Å². The van der Waals surface area contributed by atoms with Gasteiger partial charge in [-0.2, -0.15) is 0 Å². The van der Waals surface area contributed by atoms with Crippen LogP contribution in [0.2, 0.25) is 5.02 Å². The number of ether oxygens (including phenoxy) is 1. The van der Waals surface area contributed by atoms with Crippen molar-refractivity contribution in [3.63, 3.8) is 0 Å². The summed E-state index contributed by atoms with van der Waals surface area (Å²) in [6, 6.07) is 10.2. The summed E-state index contributed by atoms with van der Waals surface area (Å²) in [5, 5.41) is 5.14. The molecule has 172 valence electrons. The van der Waals surface area contributed by atoms with Crippen LogP contribution in [-0.4, -0.2) is 57.1 Å². The van der Waals surface area contributed by atoms with Crippen LogP contribution in [-0.2, 0) is 14.9 Å². The first-order chi connectivity index (χ1) is 15.2. The van der Waals surface area contributed by atoms with Crippen LogP contribution in [0, 0.1) is 5.82 Å². The molecule has 1 aliphatic heterocycles. The monoisotopic (exact) mass is 461 g/mol. The van der Waals surface area contributed by atoms with Gasteiger partial charge in [0, 0.05) is 33.8 Å². The van der Waals surface area contributed by atoms with E-state index in [0.29, 0.717) is 26.2 Å². The summed E-state index contributed by atoms with van der Waals surface area (Å²) in [6.07, 6.45) is 0. The molecule has 0 spiro atoms. The number of carbonyl (C=O) groups is 2. The van der Waals surface area contributed by atoms with Gasteiger partial charge in [0.25, 0.3) is 5.91 Å². The number of likely N-dealkylation sites (tertiary alicyclic amines) is 1. The molecule has 0 bridgehead atoms. The number of nitrogens with zero attached hydrogens (tertiary/aromatic N) is 1. The van der Waals surface area contributed by atoms with Crippen LogP contribution in [0.15, 0.2) is 36.4 Å². The highest BCUT2D eigenvalue weighted by Crippen LogP contribution is 2.40. The molecule has 0 aliphatic carbocycles. The number of rotatable bonds is 8. The largest absolute Gasteiger partial charge is 0.383 e. The van der Waals surface area contributed by atoms with Crippen molar-refractivity contribution in [2.24, 2.45) is 0 Å². The van der Waals surface area contributed by atoms with Crippen molar-refractivity contribution < 1.29 is 18.7 Å². The van der Waals surface area contributed by atoms with Crippen LogP contribution in [0.3, 0.4) is 0 Å². The lowest BCUT2D eigenvalue weighted by molar-refractivity contribution is -0.128. The first-order valence-electron chi connectivity index (χ1n) is 10.6. The zero-order chi connectivity index (χ0) is 23.5. The third-order valence-electron chi connectivity index (χ3n) is 5.91. The maximum absolute atomic E-state index is 14.2. The SMILES string of the molecule is CNC(=O)c1cc(Cl)c(F)cc1NC(=O)C1(c2ccccc2C(C)C)CN(CCOC)C1. The van der Waals surface area contributed by atoms with Crippen LogP contribution in [0.4, 0.5) is 10.1 Å². The molecule has 0 radical (unpaired) electrons. The minimum Gasteiger partial charge on any atom is -0.383 e. The van der Waals surface area contributed by atoms with Gasteiger partial charge in [-0.3, -0.25) is 14.5 Å². The Kier molecular flexibility index (Phi) is 7.54. The topological polar surface area (TPSA) is 70.7 Å². The smallest absolute Gasteiger partial charge is 0.253 e. The van der Waals surface area contributed by atoms with Crippen molar-refractivity contribution in [2.75, 3.05) is 45.7 Å². The Hall–Kier alpha value is -2.48. The highest BCUT2D eigenvalue weighted by atomic mass is 35.5. The number of carbonyl (C=O) groups excluding carboxylic acids is 2. The molecule has 0 aromatic heterocycles. The standard InChI is InChI=1S/C24H29ClFN3O3/c1-15(2)16-7-5-6-8-18(16)24(13-29(14-24)9-10-32-4)23(31)28-21-12-20(26)19(25)11-17(21)22(30)27-3/h5-8,11-12,15H,9-10,13-14H2,1-4H3,(H,27,30)(H,28,31). The lowest BCUT2D eigenvalue weighted by atomic mass is 9.69. The summed E-state index contributed by atoms with van der Waals surface area (Å²) in [4.78, 5) is 28.2. The van der Waals surface area contributed by atoms with Gasteiger partial charge in [0.1, 0.15) is 5.82 Å². The third kappa shape index (κ3) is 4.65. The average Bonchev–Trinajstić information content (AvgIpc) is 2.74. The highest BCUT2D eigenvalue weighted by Gasteiger charge is 2.51. The van der Waals surface area contributed by atoms with E-state index in [1.54, 1.807) is 7.11 Å². The van der Waals surface area contributed by atoms with Crippen LogP contribution < -0.4 is 10.6 Å². The predicted molar refractivity (Wildman–Crippen MR) is 124 cm³/mol. The molecule has 0 saturated carbocycles. The van der Waals surface area contributed by atoms with Crippen molar-refractivity contribution in [1.29, 1.82) is 0 Å². The molecule has 2 aromatic rings. The first-order valence-corrected chi connectivity index (χ1v) is 10.9. The Morgan fingerprint density at radius 2 is 1.94 bits per heavy atom. The molecular weight excluding hydrogens is 433 g/mol. The Morgan fingerprint density at radius 3 is 2.56 bits per heavy atom. The maximum atomic E-state index is 14.2. The van der Waals surface area contributed by atoms with E-state index in [9.17, 15) is 14.0 Å². The normalized spacial score (nSPS) is 15.3. The number of hydrogen-bond donors (Lipinski definition) is 2. The van der Waals surface area contributed by atoms with Crippen molar-refractivity contribution in [3.8, 4) is 0 Å². The van der Waals surface area contributed by atoms with Gasteiger partial charge in [-0.15, -0.1) is 0 Å². The van der Waals surface area contributed by atoms with Gasteiger partial charge >= 0.3 is 0 Å². The molecule has 0 atom stereocenters. The molecule has 1 fully saturated rings. The fourth-order valence-electron chi connectivity index (χ4n) is 4.18. The van der Waals surface area contributed by atoms with E-state index in [1.807, 2.05) is 24.3 Å². The number of halogens is 2. The van der Waals surface area contributed by atoms with Crippen molar-refractivity contribution in [3.05, 3.63) is 63.9 Å². The molecule has 2 N–H and O–H groups in total. The summed E-state index contributed by atoms with van der Waals surface area (Å²) in [5.41, 5.74) is 1.40. The van der Waals surface area contributed by atoms with E-state index in [0.717, 1.165) is 17.2 Å². The fourth-order valence-corrected chi connectivity index (χ4v) is 4.35. The number of methoxy groups -OCH3 is 1. The summed E-state index contributed by atoms with van der Waals surface area (Å²) in [7, 11) is 3.11. The van der Waals surface area contributed by atoms with E-state index in [-0.39, 0.29) is 28.1 Å². The first kappa shape index (κ1) is 24.2. The van der Waals surface area contributed by atoms with Crippen LogP contribution in [0.5, 0.6) is 0 Å². The molecule has 2 aromatic carbocycles. The Labute approximate surface area is 193 Å². The number of hydrogen-bond acceptors (Lipinski definition) is 4. The molecule has 2 amide bonds. The van der Waals surface area contributed by atoms with Gasteiger partial charge in [0.15, 0.2) is 0 Å². The predicted octanol–water partition coefficient (Wildman–Crippen LogP) is 3.80. The number of amides is 2. The number of anilines is 1. The van der Waals surface area contributed by atoms with E-state index in [1.165, 1.54) is 13.1 Å². The van der Waals surface area contributed by atoms with Gasteiger partial charge in [-0.1, -0.05) is 49.7 Å². The van der Waals surface area contributed by atoms with Crippen LogP contribution in [0.1, 0.15) is 41.3 Å². The molecule has 8 heteroatoms. The molecule has 1 aliphatic rings. The molecular formula is C24H29ClFN3O3. The van der Waals surface area contributed by atoms with Crippen molar-refractivity contribution in [1.82, 2.24) is 10.2 Å².